The summed E-state index contributed by atoms with van der Waals surface area (Å²) in [5, 5.41) is 3.52. The minimum Gasteiger partial charge on any atom is -0.399 e. The first kappa shape index (κ1) is 12.5. The summed E-state index contributed by atoms with van der Waals surface area (Å²) in [6, 6.07) is 14.5. The van der Waals surface area contributed by atoms with Gasteiger partial charge in [0, 0.05) is 17.3 Å². The molecule has 0 bridgehead atoms. The third-order valence-corrected chi connectivity index (χ3v) is 4.67. The molecule has 0 fully saturated rings. The maximum atomic E-state index is 6.70. The van der Waals surface area contributed by atoms with Gasteiger partial charge < -0.3 is 16.8 Å². The molecule has 106 valence electrons. The summed E-state index contributed by atoms with van der Waals surface area (Å²) >= 11 is 0. The van der Waals surface area contributed by atoms with Crippen LogP contribution in [0.15, 0.2) is 48.5 Å². The summed E-state index contributed by atoms with van der Waals surface area (Å²) in [6.07, 6.45) is 6.35. The van der Waals surface area contributed by atoms with Crippen molar-refractivity contribution in [1.29, 1.82) is 0 Å². The number of nitrogens with two attached hydrogens (primary N) is 2. The predicted octanol–water partition coefficient (Wildman–Crippen LogP) is 3.09. The van der Waals surface area contributed by atoms with Gasteiger partial charge in [-0.2, -0.15) is 0 Å². The maximum Gasteiger partial charge on any atom is 0.112 e. The van der Waals surface area contributed by atoms with Crippen molar-refractivity contribution in [1.82, 2.24) is 0 Å². The lowest BCUT2D eigenvalue weighted by Gasteiger charge is -2.38. The zero-order valence-corrected chi connectivity index (χ0v) is 11.8. The van der Waals surface area contributed by atoms with Crippen LogP contribution < -0.4 is 16.8 Å². The molecule has 4 rings (SSSR count). The van der Waals surface area contributed by atoms with Gasteiger partial charge in [-0.15, -0.1) is 0 Å². The third kappa shape index (κ3) is 1.93. The monoisotopic (exact) mass is 277 g/mol. The first-order valence-corrected chi connectivity index (χ1v) is 7.39. The minimum atomic E-state index is -0.532. The summed E-state index contributed by atoms with van der Waals surface area (Å²) < 4.78 is 0. The largest absolute Gasteiger partial charge is 0.399 e. The van der Waals surface area contributed by atoms with E-state index < -0.39 is 5.66 Å². The first-order chi connectivity index (χ1) is 10.2. The van der Waals surface area contributed by atoms with Crippen LogP contribution >= 0.6 is 0 Å². The second-order valence-corrected chi connectivity index (χ2v) is 6.03. The highest BCUT2D eigenvalue weighted by Gasteiger charge is 2.39. The number of aryl methyl sites for hydroxylation is 1. The van der Waals surface area contributed by atoms with Gasteiger partial charge in [0.15, 0.2) is 0 Å². The Hall–Kier alpha value is -2.26. The molecule has 1 heterocycles. The Morgan fingerprint density at radius 1 is 1.14 bits per heavy atom. The fourth-order valence-corrected chi connectivity index (χ4v) is 3.59. The zero-order chi connectivity index (χ0) is 14.4. The number of rotatable bonds is 1. The zero-order valence-electron chi connectivity index (χ0n) is 11.8. The molecule has 0 radical (unpaired) electrons. The van der Waals surface area contributed by atoms with Crippen LogP contribution in [0.25, 0.3) is 6.08 Å². The smallest absolute Gasteiger partial charge is 0.112 e. The van der Waals surface area contributed by atoms with Gasteiger partial charge in [-0.25, -0.2) is 0 Å². The summed E-state index contributed by atoms with van der Waals surface area (Å²) in [4.78, 5) is 0. The van der Waals surface area contributed by atoms with Crippen molar-refractivity contribution in [3.05, 3.63) is 65.2 Å². The summed E-state index contributed by atoms with van der Waals surface area (Å²) in [6.45, 7) is 0. The molecule has 2 aliphatic rings. The van der Waals surface area contributed by atoms with Gasteiger partial charge in [0.25, 0.3) is 0 Å². The van der Waals surface area contributed by atoms with Crippen molar-refractivity contribution in [2.75, 3.05) is 11.1 Å². The van der Waals surface area contributed by atoms with Gasteiger partial charge in [0.2, 0.25) is 0 Å². The summed E-state index contributed by atoms with van der Waals surface area (Å²) in [7, 11) is 0. The van der Waals surface area contributed by atoms with E-state index in [2.05, 4.69) is 41.7 Å². The Morgan fingerprint density at radius 2 is 2.00 bits per heavy atom. The van der Waals surface area contributed by atoms with Gasteiger partial charge in [0.1, 0.15) is 5.66 Å². The normalized spacial score (nSPS) is 26.0. The number of fused-ring (bicyclic) bond motifs is 2. The molecule has 2 atom stereocenters. The van der Waals surface area contributed by atoms with Crippen molar-refractivity contribution in [2.24, 2.45) is 5.73 Å². The molecule has 0 saturated heterocycles. The van der Waals surface area contributed by atoms with Crippen LogP contribution in [0.4, 0.5) is 11.4 Å². The molecule has 3 nitrogen and oxygen atoms in total. The van der Waals surface area contributed by atoms with Crippen LogP contribution in [-0.2, 0) is 6.42 Å². The quantitative estimate of drug-likeness (QED) is 0.702. The number of anilines is 2. The average molecular weight is 277 g/mol. The molecule has 1 aliphatic heterocycles. The first-order valence-electron chi connectivity index (χ1n) is 7.39. The fraction of sp³-hybridized carbons (Fsp3) is 0.222. The van der Waals surface area contributed by atoms with Gasteiger partial charge in [-0.05, 0) is 53.8 Å². The molecule has 2 unspecified atom stereocenters. The average Bonchev–Trinajstić information content (AvgIpc) is 2.92. The number of nitrogens with one attached hydrogen (secondary N) is 1. The molecule has 3 heteroatoms. The topological polar surface area (TPSA) is 64.1 Å². The van der Waals surface area contributed by atoms with Crippen LogP contribution in [0.5, 0.6) is 0 Å². The lowest BCUT2D eigenvalue weighted by Crippen LogP contribution is -2.51. The number of benzene rings is 2. The Balaban J connectivity index is 1.73. The Bertz CT molecular complexity index is 735. The molecule has 0 saturated carbocycles. The van der Waals surface area contributed by atoms with Crippen LogP contribution in [0.2, 0.25) is 0 Å². The van der Waals surface area contributed by atoms with E-state index >= 15 is 0 Å². The van der Waals surface area contributed by atoms with E-state index in [1.165, 1.54) is 11.1 Å². The van der Waals surface area contributed by atoms with E-state index in [4.69, 9.17) is 11.5 Å². The number of nitrogen functional groups attached to an aromatic ring is 1. The van der Waals surface area contributed by atoms with Crippen molar-refractivity contribution < 1.29 is 0 Å². The lowest BCUT2D eigenvalue weighted by molar-refractivity contribution is 0.468. The van der Waals surface area contributed by atoms with E-state index in [1.54, 1.807) is 0 Å². The molecular formula is C18H19N3. The van der Waals surface area contributed by atoms with E-state index in [0.29, 0.717) is 5.92 Å². The molecule has 1 aliphatic carbocycles. The van der Waals surface area contributed by atoms with E-state index in [-0.39, 0.29) is 0 Å². The molecule has 0 spiro atoms. The molecule has 2 aromatic rings. The van der Waals surface area contributed by atoms with E-state index in [1.807, 2.05) is 18.2 Å². The van der Waals surface area contributed by atoms with E-state index in [9.17, 15) is 0 Å². The molecular weight excluding hydrogens is 258 g/mol. The summed E-state index contributed by atoms with van der Waals surface area (Å²) in [5.41, 5.74) is 17.7. The molecule has 0 amide bonds. The maximum absolute atomic E-state index is 6.70. The standard InChI is InChI=1S/C18H19N3/c19-14-6-8-17-13(11-14)9-10-18(20,21-17)16-7-5-12-3-1-2-4-15(12)16/h1-4,6,8-11,16,21H,5,7,19-20H2. The van der Waals surface area contributed by atoms with Crippen molar-refractivity contribution in [3.8, 4) is 0 Å². The van der Waals surface area contributed by atoms with Crippen LogP contribution in [0.3, 0.4) is 0 Å². The fourth-order valence-electron chi connectivity index (χ4n) is 3.59. The number of hydrogen-bond acceptors (Lipinski definition) is 3. The van der Waals surface area contributed by atoms with Crippen LogP contribution in [0.1, 0.15) is 29.0 Å². The highest BCUT2D eigenvalue weighted by Crippen LogP contribution is 2.42. The Morgan fingerprint density at radius 3 is 2.90 bits per heavy atom. The molecule has 21 heavy (non-hydrogen) atoms. The third-order valence-electron chi connectivity index (χ3n) is 4.67. The van der Waals surface area contributed by atoms with Crippen molar-refractivity contribution in [2.45, 2.75) is 24.4 Å². The van der Waals surface area contributed by atoms with Crippen molar-refractivity contribution in [3.63, 3.8) is 0 Å². The molecule has 5 N–H and O–H groups in total. The Labute approximate surface area is 124 Å². The van der Waals surface area contributed by atoms with E-state index in [0.717, 1.165) is 29.8 Å². The van der Waals surface area contributed by atoms with Gasteiger partial charge in [-0.3, -0.25) is 0 Å². The van der Waals surface area contributed by atoms with Gasteiger partial charge >= 0.3 is 0 Å². The minimum absolute atomic E-state index is 0.302. The number of hydrogen-bond donors (Lipinski definition) is 3. The van der Waals surface area contributed by atoms with Crippen LogP contribution in [0, 0.1) is 0 Å². The summed E-state index contributed by atoms with van der Waals surface area (Å²) in [5.74, 6) is 0.302. The van der Waals surface area contributed by atoms with Gasteiger partial charge in [-0.1, -0.05) is 30.3 Å². The second-order valence-electron chi connectivity index (χ2n) is 6.03. The Kier molecular flexibility index (Phi) is 2.59. The van der Waals surface area contributed by atoms with Crippen LogP contribution in [-0.4, -0.2) is 5.66 Å². The van der Waals surface area contributed by atoms with Gasteiger partial charge in [0.05, 0.1) is 0 Å². The predicted molar refractivity (Wildman–Crippen MR) is 87.9 cm³/mol. The molecule has 2 aromatic carbocycles. The highest BCUT2D eigenvalue weighted by atomic mass is 15.1. The van der Waals surface area contributed by atoms with Crippen molar-refractivity contribution >= 4 is 17.5 Å². The molecule has 0 aromatic heterocycles. The second kappa shape index (κ2) is 4.37. The SMILES string of the molecule is Nc1ccc2c(c1)C=CC(N)(C1CCc3ccccc31)N2. The highest BCUT2D eigenvalue weighted by molar-refractivity contribution is 5.75. The lowest BCUT2D eigenvalue weighted by atomic mass is 9.84.